The molecule has 23 aliphatic heterocycles. The molecule has 0 radical (unpaired) electrons. The zero-order chi connectivity index (χ0) is 72.1. The molecule has 45 heteroatoms. The van der Waals surface area contributed by atoms with Gasteiger partial charge in [-0.15, -0.1) is 0 Å². The normalized spacial score (nSPS) is 55.1. The Labute approximate surface area is 558 Å². The lowest BCUT2D eigenvalue weighted by Crippen LogP contribution is -2.68. The van der Waals surface area contributed by atoms with E-state index < -0.39 is 336 Å². The van der Waals surface area contributed by atoms with Crippen molar-refractivity contribution in [2.45, 2.75) is 276 Å². The maximum Gasteiger partial charge on any atom is 0.187 e. The van der Waals surface area contributed by atoms with Gasteiger partial charge in [0.05, 0.1) is 46.2 Å². The summed E-state index contributed by atoms with van der Waals surface area (Å²) in [6, 6.07) is 0. The van der Waals surface area contributed by atoms with E-state index >= 15 is 0 Å². The fraction of sp³-hybridized carbons (Fsp3) is 1.00. The minimum atomic E-state index is -2.36. The first-order chi connectivity index (χ1) is 47.0. The van der Waals surface area contributed by atoms with Crippen LogP contribution in [0, 0.1) is 0 Å². The molecule has 0 saturated carbocycles. The molecule has 23 aliphatic rings. The van der Waals surface area contributed by atoms with Crippen molar-refractivity contribution in [3.05, 3.63) is 0 Å². The number of rotatable bonds is 13. The van der Waals surface area contributed by atoms with Crippen LogP contribution < -0.4 is 5.32 Å². The minimum Gasteiger partial charge on any atom is -0.394 e. The lowest BCUT2D eigenvalue weighted by molar-refractivity contribution is -0.396. The monoisotopic (exact) mass is 1460 g/mol. The van der Waals surface area contributed by atoms with Crippen molar-refractivity contribution in [1.29, 1.82) is 0 Å². The molecule has 23 rings (SSSR count). The SMILES string of the molecule is OC[C@H]1O[C@@H]2O[C@H]3[C@H](O)[C@@H](O)[C@@H](O[C@H]4[C@H](O)[C@@H](O)[C@@H](O[C@H]5[C@H](O)[C@@H](O)[C@@H](O[C@H]6[C@H](O)[C@@H](O)[C@@H](O[C@H]7[C@H](O)[C@@H](O)[C@@H](O[C@H]8[C@H](O)[C@@H](O)[C@@H](O[C@H]1[C@H](O)[C@H]2O)O[C@@H]8CO)O[C@@H]7CO)O[C@@H]6CO)O[C@@H]5CNC[C@H]1O[C@H](OC[C@H]2OC(O)[C@H](O)[C@@H](O)[C@@H]2O)[C@H](O)[C@@H](O)[C@H]1O)O[C@@H]4CO)O[C@@H]3CO. The van der Waals surface area contributed by atoms with Crippen molar-refractivity contribution in [2.75, 3.05) is 59.3 Å². The molecular formula is C54H91NO44. The predicted molar refractivity (Wildman–Crippen MR) is 296 cm³/mol. The predicted octanol–water partition coefficient (Wildman–Crippen LogP) is -20.0. The molecule has 45 atom stereocenters. The highest BCUT2D eigenvalue weighted by molar-refractivity contribution is 5.03. The van der Waals surface area contributed by atoms with E-state index in [-0.39, 0.29) is 0 Å². The molecule has 0 aromatic carbocycles. The van der Waals surface area contributed by atoms with Gasteiger partial charge in [0.2, 0.25) is 0 Å². The Kier molecular flexibility index (Phi) is 27.4. The molecule has 0 aliphatic carbocycles. The van der Waals surface area contributed by atoms with Gasteiger partial charge in [-0.2, -0.15) is 0 Å². The molecular weight excluding hydrogens is 1370 g/mol. The average Bonchev–Trinajstić information content (AvgIpc) is 0.792. The summed E-state index contributed by atoms with van der Waals surface area (Å²) in [6.07, 6.45) is -92.3. The number of hydrogen-bond acceptors (Lipinski definition) is 45. The molecule has 1 unspecified atom stereocenters. The molecule has 0 aromatic rings. The van der Waals surface area contributed by atoms with Crippen LogP contribution in [0.4, 0.5) is 0 Å². The lowest BCUT2D eigenvalue weighted by Gasteiger charge is -2.50. The number of aliphatic hydroxyl groups is 27. The van der Waals surface area contributed by atoms with Crippen LogP contribution in [0.25, 0.3) is 0 Å². The summed E-state index contributed by atoms with van der Waals surface area (Å²) in [5.41, 5.74) is 0. The molecule has 23 saturated heterocycles. The van der Waals surface area contributed by atoms with Crippen LogP contribution in [0.1, 0.15) is 0 Å². The molecule has 99 heavy (non-hydrogen) atoms. The van der Waals surface area contributed by atoms with E-state index in [9.17, 15) is 138 Å². The summed E-state index contributed by atoms with van der Waals surface area (Å²) in [6.45, 7) is -8.75. The number of aliphatic hydroxyl groups excluding tert-OH is 27. The maximum atomic E-state index is 12.0. The van der Waals surface area contributed by atoms with Gasteiger partial charge in [-0.05, 0) is 0 Å². The van der Waals surface area contributed by atoms with E-state index in [1.807, 2.05) is 0 Å². The Morgan fingerprint density at radius 1 is 0.202 bits per heavy atom. The summed E-state index contributed by atoms with van der Waals surface area (Å²) >= 11 is 0. The number of nitrogens with one attached hydrogen (secondary N) is 1. The highest BCUT2D eigenvalue weighted by Gasteiger charge is 2.60. The third-order valence-corrected chi connectivity index (χ3v) is 19.1. The van der Waals surface area contributed by atoms with E-state index in [1.54, 1.807) is 0 Å². The van der Waals surface area contributed by atoms with Gasteiger partial charge >= 0.3 is 0 Å². The lowest BCUT2D eigenvalue weighted by atomic mass is 9.95. The largest absolute Gasteiger partial charge is 0.394 e. The van der Waals surface area contributed by atoms with Crippen LogP contribution in [-0.2, 0) is 80.5 Å². The van der Waals surface area contributed by atoms with Crippen LogP contribution in [-0.4, -0.2) is 474 Å². The van der Waals surface area contributed by atoms with Crippen LogP contribution >= 0.6 is 0 Å². The molecule has 14 bridgehead atoms. The Hall–Kier alpha value is -1.80. The van der Waals surface area contributed by atoms with Gasteiger partial charge in [0, 0.05) is 13.1 Å². The van der Waals surface area contributed by atoms with Gasteiger partial charge in [-0.3, -0.25) is 0 Å². The standard InChI is InChI=1S/C54H91NO44/c56-3-12-40-25(68)34(77)50(88-12)96-42-14(5-58)90-52(36(79)27(42)70)98-44-16(7-60)92-54(38(81)29(44)72)99-45-17(8-61)91-53(37(80)28(45)71)97-43-15(6-59)89-51(35(78)26(43)69)95-41-13(4-57)87-49(33(76)24(41)67)93-39-11(86-48(94-40)32(75)23(39)66)2-55-1-10-19(62)22(65)31(74)47(85-10)83-9-18-20(63)21(64)30(73)46(82)84-18/h10-82H,1-9H2/t10-,11-,12-,13-,14-,15-,16-,17-,18-,19+,20-,21+,22+,23-,24-,25-,26-,27-,28-,29-,30-,31-,32-,33-,34-,35-,36-,37-,38-,39-,40-,41-,42-,43-,44-,45-,46?,47+,48-,49-,50-,51-,52-,53-,54-/m1/s1. The average molecular weight is 1460 g/mol. The van der Waals surface area contributed by atoms with Crippen molar-refractivity contribution < 1.29 is 218 Å². The third-order valence-electron chi connectivity index (χ3n) is 19.1. The van der Waals surface area contributed by atoms with Crippen LogP contribution in [0.15, 0.2) is 0 Å². The van der Waals surface area contributed by atoms with Crippen LogP contribution in [0.2, 0.25) is 0 Å². The Bertz CT molecular complexity index is 2470. The van der Waals surface area contributed by atoms with Gasteiger partial charge < -0.3 is 224 Å². The molecule has 45 nitrogen and oxygen atoms in total. The van der Waals surface area contributed by atoms with E-state index in [1.165, 1.54) is 0 Å². The molecule has 23 fully saturated rings. The van der Waals surface area contributed by atoms with Crippen molar-refractivity contribution >= 4 is 0 Å². The van der Waals surface area contributed by atoms with E-state index in [2.05, 4.69) is 5.32 Å². The molecule has 0 spiro atoms. The smallest absolute Gasteiger partial charge is 0.187 e. The summed E-state index contributed by atoms with van der Waals surface area (Å²) in [5, 5.41) is 301. The zero-order valence-electron chi connectivity index (χ0n) is 51.9. The highest BCUT2D eigenvalue weighted by Crippen LogP contribution is 2.40. The highest BCUT2D eigenvalue weighted by atomic mass is 16.8. The van der Waals surface area contributed by atoms with Gasteiger partial charge in [0.1, 0.15) is 220 Å². The van der Waals surface area contributed by atoms with Crippen molar-refractivity contribution in [3.63, 3.8) is 0 Å². The Morgan fingerprint density at radius 3 is 0.707 bits per heavy atom. The van der Waals surface area contributed by atoms with Crippen molar-refractivity contribution in [2.24, 2.45) is 0 Å². The third kappa shape index (κ3) is 16.2. The first kappa shape index (κ1) is 79.8. The van der Waals surface area contributed by atoms with E-state index in [0.717, 1.165) is 0 Å². The molecule has 0 aromatic heterocycles. The van der Waals surface area contributed by atoms with Crippen LogP contribution in [0.5, 0.6) is 0 Å². The summed E-state index contributed by atoms with van der Waals surface area (Å²) in [7, 11) is 0. The maximum absolute atomic E-state index is 12.0. The van der Waals surface area contributed by atoms with E-state index in [4.69, 9.17) is 80.5 Å². The van der Waals surface area contributed by atoms with Crippen LogP contribution in [0.3, 0.4) is 0 Å². The summed E-state index contributed by atoms with van der Waals surface area (Å²) in [5.74, 6) is 0. The zero-order valence-corrected chi connectivity index (χ0v) is 51.9. The van der Waals surface area contributed by atoms with Gasteiger partial charge in [0.25, 0.3) is 0 Å². The van der Waals surface area contributed by atoms with Gasteiger partial charge in [-0.1, -0.05) is 0 Å². The van der Waals surface area contributed by atoms with Crippen molar-refractivity contribution in [3.8, 4) is 0 Å². The van der Waals surface area contributed by atoms with Crippen molar-refractivity contribution in [1.82, 2.24) is 5.32 Å². The second-order valence-corrected chi connectivity index (χ2v) is 25.5. The molecule has 576 valence electrons. The molecule has 23 heterocycles. The molecule has 28 N–H and O–H groups in total. The second-order valence-electron chi connectivity index (χ2n) is 25.5. The second kappa shape index (κ2) is 34.0. The first-order valence-electron chi connectivity index (χ1n) is 31.8. The summed E-state index contributed by atoms with van der Waals surface area (Å²) < 4.78 is 97.5. The fourth-order valence-corrected chi connectivity index (χ4v) is 13.3. The fourth-order valence-electron chi connectivity index (χ4n) is 13.3. The Morgan fingerprint density at radius 2 is 0.434 bits per heavy atom. The quantitative estimate of drug-likeness (QED) is 0.0814. The Balaban J connectivity index is 0.923. The van der Waals surface area contributed by atoms with E-state index in [0.29, 0.717) is 0 Å². The number of hydrogen-bond donors (Lipinski definition) is 28. The van der Waals surface area contributed by atoms with Gasteiger partial charge in [-0.25, -0.2) is 0 Å². The minimum absolute atomic E-state index is 0.598. The first-order valence-corrected chi connectivity index (χ1v) is 31.8. The van der Waals surface area contributed by atoms with Gasteiger partial charge in [0.15, 0.2) is 56.6 Å². The molecule has 0 amide bonds. The summed E-state index contributed by atoms with van der Waals surface area (Å²) in [4.78, 5) is 0. The topological polar surface area (TPSA) is 715 Å². The number of ether oxygens (including phenoxy) is 17.